The van der Waals surface area contributed by atoms with E-state index in [1.54, 1.807) is 6.33 Å². The van der Waals surface area contributed by atoms with Crippen LogP contribution in [0.4, 0.5) is 5.82 Å². The van der Waals surface area contributed by atoms with Gasteiger partial charge in [-0.25, -0.2) is 19.9 Å². The number of rotatable bonds is 6. The summed E-state index contributed by atoms with van der Waals surface area (Å²) in [6.45, 7) is 4.38. The summed E-state index contributed by atoms with van der Waals surface area (Å²) >= 11 is 1.53. The van der Waals surface area contributed by atoms with Crippen molar-refractivity contribution in [1.82, 2.24) is 29.8 Å². The third-order valence-electron chi connectivity index (χ3n) is 4.42. The van der Waals surface area contributed by atoms with Crippen LogP contribution in [0, 0.1) is 0 Å². The predicted octanol–water partition coefficient (Wildman–Crippen LogP) is 0.198. The Morgan fingerprint density at radius 2 is 1.96 bits per heavy atom. The Hall–Kier alpha value is -2.27. The number of aliphatic hydroxyl groups excluding tert-OH is 1. The van der Waals surface area contributed by atoms with E-state index in [1.165, 1.54) is 18.1 Å². The minimum Gasteiger partial charge on any atom is -0.412 e. The van der Waals surface area contributed by atoms with Crippen molar-refractivity contribution in [2.45, 2.75) is 11.1 Å². The molecular weight excluding hydrogens is 366 g/mol. The minimum atomic E-state index is -0.408. The molecule has 1 saturated heterocycles. The Morgan fingerprint density at radius 1 is 1.11 bits per heavy atom. The van der Waals surface area contributed by atoms with Gasteiger partial charge in [-0.15, -0.1) is 11.8 Å². The number of aromatic nitrogens is 5. The fraction of sp³-hybridized carbons (Fsp3) is 0.412. The van der Waals surface area contributed by atoms with Crippen LogP contribution in [0.3, 0.4) is 0 Å². The topological polar surface area (TPSA) is 126 Å². The normalized spacial score (nSPS) is 16.3. The monoisotopic (exact) mass is 389 g/mol. The number of β-amino-alcohol motifs (C(OH)–C–C–N with tert-alkyl or cyclic N) is 1. The van der Waals surface area contributed by atoms with Gasteiger partial charge in [0.25, 0.3) is 0 Å². The smallest absolute Gasteiger partial charge is 0.181 e. The lowest BCUT2D eigenvalue weighted by atomic mass is 10.2. The standard InChI is InChI=1S/C17H21N7OS.H2O/c25-13(10-26-17-15-16(20-11-19-15)21-12-22-17)9-23-5-7-24(8-6-23)14-3-1-2-4-18-14;/h1-4,11-13,25H,5-10H2,(H,19,20,21,22);1H2. The van der Waals surface area contributed by atoms with Gasteiger partial charge >= 0.3 is 0 Å². The largest absolute Gasteiger partial charge is 0.412 e. The van der Waals surface area contributed by atoms with E-state index in [9.17, 15) is 5.11 Å². The molecule has 0 aliphatic carbocycles. The Morgan fingerprint density at radius 3 is 2.74 bits per heavy atom. The zero-order valence-electron chi connectivity index (χ0n) is 14.8. The molecule has 1 unspecified atom stereocenters. The predicted molar refractivity (Wildman–Crippen MR) is 105 cm³/mol. The lowest BCUT2D eigenvalue weighted by Gasteiger charge is -2.36. The van der Waals surface area contributed by atoms with Crippen LogP contribution in [0.1, 0.15) is 0 Å². The Kier molecular flexibility index (Phi) is 6.56. The minimum absolute atomic E-state index is 0. The van der Waals surface area contributed by atoms with Gasteiger partial charge in [-0.2, -0.15) is 0 Å². The van der Waals surface area contributed by atoms with Gasteiger partial charge in [0.05, 0.1) is 12.4 Å². The molecule has 0 amide bonds. The van der Waals surface area contributed by atoms with Crippen molar-refractivity contribution < 1.29 is 10.6 Å². The number of anilines is 1. The number of aliphatic hydroxyl groups is 1. The number of hydrogen-bond donors (Lipinski definition) is 2. The van der Waals surface area contributed by atoms with E-state index in [0.29, 0.717) is 17.9 Å². The Bertz CT molecular complexity index is 839. The number of fused-ring (bicyclic) bond motifs is 1. The number of imidazole rings is 1. The number of pyridine rings is 1. The molecule has 10 heteroatoms. The molecule has 27 heavy (non-hydrogen) atoms. The fourth-order valence-corrected chi connectivity index (χ4v) is 3.95. The molecule has 4 heterocycles. The quantitative estimate of drug-likeness (QED) is 0.452. The highest BCUT2D eigenvalue weighted by atomic mass is 32.2. The van der Waals surface area contributed by atoms with Crippen molar-refractivity contribution in [1.29, 1.82) is 0 Å². The van der Waals surface area contributed by atoms with Crippen LogP contribution in [0.15, 0.2) is 42.1 Å². The van der Waals surface area contributed by atoms with Gasteiger partial charge < -0.3 is 20.5 Å². The molecule has 144 valence electrons. The van der Waals surface area contributed by atoms with Crippen molar-refractivity contribution in [2.24, 2.45) is 0 Å². The maximum Gasteiger partial charge on any atom is 0.181 e. The van der Waals surface area contributed by atoms with Gasteiger partial charge in [0, 0.05) is 44.7 Å². The van der Waals surface area contributed by atoms with Crippen LogP contribution in [0.2, 0.25) is 0 Å². The second kappa shape index (κ2) is 9.09. The molecule has 0 spiro atoms. The summed E-state index contributed by atoms with van der Waals surface area (Å²) < 4.78 is 0. The van der Waals surface area contributed by atoms with Crippen molar-refractivity contribution >= 4 is 28.7 Å². The van der Waals surface area contributed by atoms with E-state index in [4.69, 9.17) is 0 Å². The van der Waals surface area contributed by atoms with Crippen LogP contribution in [0.25, 0.3) is 11.2 Å². The Labute approximate surface area is 161 Å². The van der Waals surface area contributed by atoms with Crippen molar-refractivity contribution in [3.8, 4) is 0 Å². The first-order valence-electron chi connectivity index (χ1n) is 8.63. The molecule has 0 aromatic carbocycles. The van der Waals surface area contributed by atoms with Crippen molar-refractivity contribution in [3.05, 3.63) is 37.1 Å². The second-order valence-electron chi connectivity index (χ2n) is 6.22. The van der Waals surface area contributed by atoms with Crippen LogP contribution >= 0.6 is 11.8 Å². The van der Waals surface area contributed by atoms with E-state index in [2.05, 4.69) is 34.7 Å². The summed E-state index contributed by atoms with van der Waals surface area (Å²) in [5.41, 5.74) is 1.48. The van der Waals surface area contributed by atoms with Crippen LogP contribution in [0.5, 0.6) is 0 Å². The number of piperazine rings is 1. The van der Waals surface area contributed by atoms with Gasteiger partial charge in [0.1, 0.15) is 22.7 Å². The molecule has 4 N–H and O–H groups in total. The van der Waals surface area contributed by atoms with E-state index < -0.39 is 6.10 Å². The third-order valence-corrected chi connectivity index (χ3v) is 5.55. The number of thioether (sulfide) groups is 1. The molecule has 0 bridgehead atoms. The highest BCUT2D eigenvalue weighted by molar-refractivity contribution is 7.99. The summed E-state index contributed by atoms with van der Waals surface area (Å²) in [5.74, 6) is 1.61. The van der Waals surface area contributed by atoms with Crippen molar-refractivity contribution in [2.75, 3.05) is 43.4 Å². The number of hydrogen-bond acceptors (Lipinski definition) is 8. The Balaban J connectivity index is 0.00000210. The summed E-state index contributed by atoms with van der Waals surface area (Å²) in [5, 5.41) is 11.2. The third kappa shape index (κ3) is 4.72. The molecular formula is C17H23N7O2S. The fourth-order valence-electron chi connectivity index (χ4n) is 3.08. The number of nitrogens with zero attached hydrogens (tertiary/aromatic N) is 6. The van der Waals surface area contributed by atoms with E-state index in [0.717, 1.165) is 42.5 Å². The molecule has 1 aliphatic rings. The van der Waals surface area contributed by atoms with Crippen molar-refractivity contribution in [3.63, 3.8) is 0 Å². The number of H-pyrrole nitrogens is 1. The lowest BCUT2D eigenvalue weighted by molar-refractivity contribution is 0.126. The zero-order chi connectivity index (χ0) is 17.8. The van der Waals surface area contributed by atoms with Crippen LogP contribution in [-0.2, 0) is 0 Å². The molecule has 9 nitrogen and oxygen atoms in total. The van der Waals surface area contributed by atoms with Gasteiger partial charge in [0.2, 0.25) is 0 Å². The summed E-state index contributed by atoms with van der Waals surface area (Å²) in [6.07, 6.45) is 4.54. The molecule has 1 atom stereocenters. The van der Waals surface area contributed by atoms with Gasteiger partial charge in [-0.3, -0.25) is 4.90 Å². The van der Waals surface area contributed by atoms with Crippen LogP contribution in [-0.4, -0.2) is 85.0 Å². The zero-order valence-corrected chi connectivity index (χ0v) is 15.6. The highest BCUT2D eigenvalue weighted by Gasteiger charge is 2.20. The number of nitrogens with one attached hydrogen (secondary N) is 1. The SMILES string of the molecule is O.OC(CSc1ncnc2nc[nH]c12)CN1CCN(c2ccccn2)CC1. The maximum absolute atomic E-state index is 10.4. The van der Waals surface area contributed by atoms with E-state index >= 15 is 0 Å². The molecule has 3 aromatic heterocycles. The van der Waals surface area contributed by atoms with Gasteiger partial charge in [0.15, 0.2) is 5.65 Å². The first kappa shape index (κ1) is 19.5. The van der Waals surface area contributed by atoms with Gasteiger partial charge in [-0.1, -0.05) is 6.07 Å². The molecule has 4 rings (SSSR count). The maximum atomic E-state index is 10.4. The van der Waals surface area contributed by atoms with Gasteiger partial charge in [-0.05, 0) is 12.1 Å². The average molecular weight is 389 g/mol. The molecule has 1 aliphatic heterocycles. The lowest BCUT2D eigenvalue weighted by Crippen LogP contribution is -2.49. The molecule has 0 saturated carbocycles. The average Bonchev–Trinajstić information content (AvgIpc) is 3.17. The summed E-state index contributed by atoms with van der Waals surface area (Å²) in [6, 6.07) is 5.99. The molecule has 0 radical (unpaired) electrons. The van der Waals surface area contributed by atoms with Crippen LogP contribution < -0.4 is 4.90 Å². The molecule has 3 aromatic rings. The summed E-state index contributed by atoms with van der Waals surface area (Å²) in [4.78, 5) is 24.6. The molecule has 1 fully saturated rings. The van der Waals surface area contributed by atoms with E-state index in [-0.39, 0.29) is 5.48 Å². The second-order valence-corrected chi connectivity index (χ2v) is 7.23. The highest BCUT2D eigenvalue weighted by Crippen LogP contribution is 2.22. The first-order valence-corrected chi connectivity index (χ1v) is 9.61. The first-order chi connectivity index (χ1) is 12.8. The van der Waals surface area contributed by atoms with E-state index in [1.807, 2.05) is 24.4 Å². The summed E-state index contributed by atoms with van der Waals surface area (Å²) in [7, 11) is 0. The number of aromatic amines is 1.